The molecule has 1 fully saturated rings. The van der Waals surface area contributed by atoms with Crippen LogP contribution in [0.25, 0.3) is 0 Å². The van der Waals surface area contributed by atoms with E-state index in [-0.39, 0.29) is 0 Å². The van der Waals surface area contributed by atoms with Crippen molar-refractivity contribution in [3.05, 3.63) is 15.9 Å². The number of hydrogen-bond donors (Lipinski definition) is 1. The van der Waals surface area contributed by atoms with Gasteiger partial charge in [0.05, 0.1) is 15.9 Å². The molecule has 1 N–H and O–H groups in total. The molecule has 1 saturated heterocycles. The molecule has 0 radical (unpaired) electrons. The van der Waals surface area contributed by atoms with Crippen molar-refractivity contribution >= 4 is 15.9 Å². The minimum absolute atomic E-state index is 0.692. The maximum absolute atomic E-state index is 4.57. The fraction of sp³-hybridized carbons (Fsp3) is 0.769. The minimum Gasteiger partial charge on any atom is -0.314 e. The Kier molecular flexibility index (Phi) is 4.81. The number of rotatable bonds is 6. The Bertz CT molecular complexity index is 398. The normalized spacial score (nSPS) is 16.3. The molecule has 18 heavy (non-hydrogen) atoms. The largest absolute Gasteiger partial charge is 0.314 e. The van der Waals surface area contributed by atoms with E-state index in [0.29, 0.717) is 6.04 Å². The average Bonchev–Trinajstić information content (AvgIpc) is 2.55. The lowest BCUT2D eigenvalue weighted by atomic mass is 10.1. The predicted octanol–water partition coefficient (Wildman–Crippen LogP) is 2.16. The highest BCUT2D eigenvalue weighted by molar-refractivity contribution is 9.10. The SMILES string of the molecule is CCCN(Cc1c(Br)c(C)nn1CC)C1CNC1. The van der Waals surface area contributed by atoms with Gasteiger partial charge in [-0.2, -0.15) is 5.10 Å². The third-order valence-electron chi connectivity index (χ3n) is 3.59. The molecule has 0 spiro atoms. The number of aromatic nitrogens is 2. The topological polar surface area (TPSA) is 33.1 Å². The van der Waals surface area contributed by atoms with Gasteiger partial charge in [-0.1, -0.05) is 6.92 Å². The molecule has 1 aromatic rings. The van der Waals surface area contributed by atoms with Crippen LogP contribution in [-0.4, -0.2) is 40.4 Å². The summed E-state index contributed by atoms with van der Waals surface area (Å²) in [6, 6.07) is 0.692. The number of hydrogen-bond acceptors (Lipinski definition) is 3. The van der Waals surface area contributed by atoms with Crippen LogP contribution in [-0.2, 0) is 13.1 Å². The van der Waals surface area contributed by atoms with Crippen molar-refractivity contribution in [3.8, 4) is 0 Å². The van der Waals surface area contributed by atoms with Crippen molar-refractivity contribution in [1.82, 2.24) is 20.0 Å². The van der Waals surface area contributed by atoms with Crippen molar-refractivity contribution < 1.29 is 0 Å². The summed E-state index contributed by atoms with van der Waals surface area (Å²) in [6.45, 7) is 11.8. The highest BCUT2D eigenvalue weighted by Gasteiger charge is 2.26. The third kappa shape index (κ3) is 2.78. The molecule has 0 unspecified atom stereocenters. The Morgan fingerprint density at radius 1 is 1.44 bits per heavy atom. The van der Waals surface area contributed by atoms with E-state index in [1.165, 1.54) is 16.6 Å². The monoisotopic (exact) mass is 314 g/mol. The van der Waals surface area contributed by atoms with Crippen LogP contribution in [0.5, 0.6) is 0 Å². The van der Waals surface area contributed by atoms with Gasteiger partial charge in [0.2, 0.25) is 0 Å². The summed E-state index contributed by atoms with van der Waals surface area (Å²) in [5.74, 6) is 0. The Labute approximate surface area is 118 Å². The zero-order chi connectivity index (χ0) is 13.1. The second-order valence-corrected chi connectivity index (χ2v) is 5.74. The van der Waals surface area contributed by atoms with Crippen LogP contribution in [0.2, 0.25) is 0 Å². The third-order valence-corrected chi connectivity index (χ3v) is 4.62. The van der Waals surface area contributed by atoms with Gasteiger partial charge in [-0.3, -0.25) is 9.58 Å². The molecule has 0 atom stereocenters. The van der Waals surface area contributed by atoms with Gasteiger partial charge in [0.25, 0.3) is 0 Å². The molecule has 0 amide bonds. The molecule has 0 saturated carbocycles. The number of aryl methyl sites for hydroxylation is 2. The minimum atomic E-state index is 0.692. The van der Waals surface area contributed by atoms with Crippen LogP contribution in [0.1, 0.15) is 31.7 Å². The van der Waals surface area contributed by atoms with E-state index in [1.807, 2.05) is 0 Å². The molecule has 0 aliphatic carbocycles. The maximum Gasteiger partial charge on any atom is 0.0739 e. The number of nitrogens with zero attached hydrogens (tertiary/aromatic N) is 3. The van der Waals surface area contributed by atoms with Crippen LogP contribution in [0.15, 0.2) is 4.47 Å². The lowest BCUT2D eigenvalue weighted by Gasteiger charge is -2.38. The van der Waals surface area contributed by atoms with Crippen molar-refractivity contribution in [1.29, 1.82) is 0 Å². The van der Waals surface area contributed by atoms with E-state index >= 15 is 0 Å². The molecule has 1 aromatic heterocycles. The lowest BCUT2D eigenvalue weighted by Crippen LogP contribution is -2.57. The molecule has 0 aromatic carbocycles. The van der Waals surface area contributed by atoms with Gasteiger partial charge in [0.15, 0.2) is 0 Å². The second-order valence-electron chi connectivity index (χ2n) is 4.94. The Morgan fingerprint density at radius 2 is 2.17 bits per heavy atom. The lowest BCUT2D eigenvalue weighted by molar-refractivity contribution is 0.134. The first kappa shape index (κ1) is 14.0. The quantitative estimate of drug-likeness (QED) is 0.873. The molecule has 4 nitrogen and oxygen atoms in total. The van der Waals surface area contributed by atoms with E-state index in [9.17, 15) is 0 Å². The molecular weight excluding hydrogens is 292 g/mol. The van der Waals surface area contributed by atoms with Crippen LogP contribution in [0, 0.1) is 6.92 Å². The fourth-order valence-electron chi connectivity index (χ4n) is 2.42. The highest BCUT2D eigenvalue weighted by atomic mass is 79.9. The van der Waals surface area contributed by atoms with E-state index < -0.39 is 0 Å². The number of nitrogens with one attached hydrogen (secondary N) is 1. The smallest absolute Gasteiger partial charge is 0.0739 e. The molecule has 5 heteroatoms. The van der Waals surface area contributed by atoms with Crippen LogP contribution in [0.4, 0.5) is 0 Å². The fourth-order valence-corrected chi connectivity index (χ4v) is 2.83. The zero-order valence-corrected chi connectivity index (χ0v) is 13.1. The zero-order valence-electron chi connectivity index (χ0n) is 11.5. The van der Waals surface area contributed by atoms with Crippen molar-refractivity contribution in [2.75, 3.05) is 19.6 Å². The van der Waals surface area contributed by atoms with E-state index in [4.69, 9.17) is 0 Å². The highest BCUT2D eigenvalue weighted by Crippen LogP contribution is 2.23. The molecule has 102 valence electrons. The van der Waals surface area contributed by atoms with E-state index in [0.717, 1.165) is 38.4 Å². The van der Waals surface area contributed by atoms with Crippen LogP contribution >= 0.6 is 15.9 Å². The average molecular weight is 315 g/mol. The van der Waals surface area contributed by atoms with Crippen molar-refractivity contribution in [2.45, 2.75) is 46.3 Å². The summed E-state index contributed by atoms with van der Waals surface area (Å²) in [5, 5.41) is 7.93. The van der Waals surface area contributed by atoms with Crippen LogP contribution in [0.3, 0.4) is 0 Å². The van der Waals surface area contributed by atoms with Gasteiger partial charge in [-0.05, 0) is 42.7 Å². The summed E-state index contributed by atoms with van der Waals surface area (Å²) in [5.41, 5.74) is 2.41. The molecule has 0 bridgehead atoms. The molecule has 2 heterocycles. The van der Waals surface area contributed by atoms with Gasteiger partial charge in [-0.15, -0.1) is 0 Å². The first-order chi connectivity index (χ1) is 8.67. The Morgan fingerprint density at radius 3 is 2.67 bits per heavy atom. The second kappa shape index (κ2) is 6.17. The summed E-state index contributed by atoms with van der Waals surface area (Å²) in [4.78, 5) is 2.57. The first-order valence-corrected chi connectivity index (χ1v) is 7.63. The number of halogens is 1. The molecule has 2 rings (SSSR count). The van der Waals surface area contributed by atoms with Gasteiger partial charge in [0.1, 0.15) is 0 Å². The van der Waals surface area contributed by atoms with Crippen LogP contribution < -0.4 is 5.32 Å². The molecule has 1 aliphatic rings. The Balaban J connectivity index is 2.14. The summed E-state index contributed by atoms with van der Waals surface area (Å²) < 4.78 is 3.30. The maximum atomic E-state index is 4.57. The van der Waals surface area contributed by atoms with E-state index in [2.05, 4.69) is 56.7 Å². The first-order valence-electron chi connectivity index (χ1n) is 6.83. The van der Waals surface area contributed by atoms with Crippen molar-refractivity contribution in [3.63, 3.8) is 0 Å². The Hall–Kier alpha value is -0.390. The summed E-state index contributed by atoms with van der Waals surface area (Å²) >= 11 is 3.68. The molecule has 1 aliphatic heterocycles. The van der Waals surface area contributed by atoms with Gasteiger partial charge >= 0.3 is 0 Å². The predicted molar refractivity (Wildman–Crippen MR) is 77.7 cm³/mol. The summed E-state index contributed by atoms with van der Waals surface area (Å²) in [7, 11) is 0. The standard InChI is InChI=1S/C13H23BrN4/c1-4-6-17(11-7-15-8-11)9-12-13(14)10(3)16-18(12)5-2/h11,15H,4-9H2,1-3H3. The molecular formula is C13H23BrN4. The van der Waals surface area contributed by atoms with Gasteiger partial charge in [-0.25, -0.2) is 0 Å². The van der Waals surface area contributed by atoms with E-state index in [1.54, 1.807) is 0 Å². The summed E-state index contributed by atoms with van der Waals surface area (Å²) in [6.07, 6.45) is 1.20. The van der Waals surface area contributed by atoms with Gasteiger partial charge < -0.3 is 5.32 Å². The van der Waals surface area contributed by atoms with Gasteiger partial charge in [0, 0.05) is 32.2 Å². The van der Waals surface area contributed by atoms with Crippen molar-refractivity contribution in [2.24, 2.45) is 0 Å².